The first-order valence-electron chi connectivity index (χ1n) is 6.63. The second-order valence-corrected chi connectivity index (χ2v) is 5.57. The monoisotopic (exact) mass is 281 g/mol. The zero-order valence-electron chi connectivity index (χ0n) is 10.9. The largest absolute Gasteiger partial charge is 0.493 e. The van der Waals surface area contributed by atoms with E-state index >= 15 is 0 Å². The smallest absolute Gasteiger partial charge is 0.269 e. The number of thiol groups is 1. The normalized spacial score (nSPS) is 17.9. The molecule has 0 bridgehead atoms. The highest BCUT2D eigenvalue weighted by Gasteiger charge is 2.31. The fourth-order valence-electron chi connectivity index (χ4n) is 2.55. The average Bonchev–Trinajstić information content (AvgIpc) is 2.46. The van der Waals surface area contributed by atoms with Crippen LogP contribution < -0.4 is 4.74 Å². The van der Waals surface area contributed by atoms with Crippen LogP contribution in [0.5, 0.6) is 5.75 Å². The third-order valence-electron chi connectivity index (χ3n) is 3.84. The van der Waals surface area contributed by atoms with E-state index < -0.39 is 4.92 Å². The number of hydrogen-bond donors (Lipinski definition) is 1. The Hall–Kier alpha value is -1.23. The van der Waals surface area contributed by atoms with Crippen LogP contribution >= 0.6 is 12.6 Å². The van der Waals surface area contributed by atoms with Crippen LogP contribution in [0.15, 0.2) is 24.3 Å². The first-order chi connectivity index (χ1) is 9.15. The van der Waals surface area contributed by atoms with Crippen LogP contribution in [0.1, 0.15) is 32.1 Å². The quantitative estimate of drug-likeness (QED) is 0.506. The van der Waals surface area contributed by atoms with Gasteiger partial charge in [0.15, 0.2) is 0 Å². The van der Waals surface area contributed by atoms with Crippen molar-refractivity contribution in [1.82, 2.24) is 0 Å². The third kappa shape index (κ3) is 3.62. The summed E-state index contributed by atoms with van der Waals surface area (Å²) in [7, 11) is 0. The summed E-state index contributed by atoms with van der Waals surface area (Å²) in [4.78, 5) is 10.2. The fourth-order valence-corrected chi connectivity index (χ4v) is 2.96. The van der Waals surface area contributed by atoms with Crippen molar-refractivity contribution in [3.05, 3.63) is 34.4 Å². The Morgan fingerprint density at radius 2 is 1.84 bits per heavy atom. The van der Waals surface area contributed by atoms with E-state index in [-0.39, 0.29) is 11.1 Å². The molecule has 1 aromatic rings. The van der Waals surface area contributed by atoms with Crippen LogP contribution in [0.2, 0.25) is 0 Å². The lowest BCUT2D eigenvalue weighted by Gasteiger charge is -2.35. The number of ether oxygens (including phenoxy) is 1. The Kier molecular flexibility index (Phi) is 4.69. The first kappa shape index (κ1) is 14.2. The van der Waals surface area contributed by atoms with E-state index in [4.69, 9.17) is 4.74 Å². The van der Waals surface area contributed by atoms with Crippen LogP contribution in [0, 0.1) is 15.5 Å². The number of nitro benzene ring substituents is 1. The topological polar surface area (TPSA) is 52.4 Å². The lowest BCUT2D eigenvalue weighted by atomic mass is 9.76. The fraction of sp³-hybridized carbons (Fsp3) is 0.571. The SMILES string of the molecule is O=[N+]([O-])c1ccc(OCC2(CS)CCCCC2)cc1. The molecule has 4 nitrogen and oxygen atoms in total. The molecule has 5 heteroatoms. The molecule has 1 aliphatic carbocycles. The van der Waals surface area contributed by atoms with Crippen molar-refractivity contribution in [2.45, 2.75) is 32.1 Å². The second-order valence-electron chi connectivity index (χ2n) is 5.26. The molecular formula is C14H19NO3S. The average molecular weight is 281 g/mol. The highest BCUT2D eigenvalue weighted by atomic mass is 32.1. The van der Waals surface area contributed by atoms with Crippen molar-refractivity contribution in [3.8, 4) is 5.75 Å². The van der Waals surface area contributed by atoms with Crippen LogP contribution in [0.25, 0.3) is 0 Å². The van der Waals surface area contributed by atoms with Crippen molar-refractivity contribution >= 4 is 18.3 Å². The Balaban J connectivity index is 1.95. The van der Waals surface area contributed by atoms with Gasteiger partial charge in [0.05, 0.1) is 11.5 Å². The minimum Gasteiger partial charge on any atom is -0.493 e. The molecule has 0 heterocycles. The van der Waals surface area contributed by atoms with Gasteiger partial charge in [0.25, 0.3) is 5.69 Å². The van der Waals surface area contributed by atoms with Gasteiger partial charge in [-0.05, 0) is 30.7 Å². The lowest BCUT2D eigenvalue weighted by Crippen LogP contribution is -2.32. The van der Waals surface area contributed by atoms with Crippen LogP contribution in [0.4, 0.5) is 5.69 Å². The highest BCUT2D eigenvalue weighted by Crippen LogP contribution is 2.37. The number of benzene rings is 1. The minimum atomic E-state index is -0.403. The molecule has 0 radical (unpaired) electrons. The predicted octanol–water partition coefficient (Wildman–Crippen LogP) is 3.85. The predicted molar refractivity (Wildman–Crippen MR) is 78.0 cm³/mol. The summed E-state index contributed by atoms with van der Waals surface area (Å²) in [5.74, 6) is 1.53. The molecule has 0 aromatic heterocycles. The van der Waals surface area contributed by atoms with Gasteiger partial charge in [0, 0.05) is 17.5 Å². The summed E-state index contributed by atoms with van der Waals surface area (Å²) >= 11 is 4.47. The molecule has 0 N–H and O–H groups in total. The highest BCUT2D eigenvalue weighted by molar-refractivity contribution is 7.80. The summed E-state index contributed by atoms with van der Waals surface area (Å²) in [6.45, 7) is 0.647. The molecule has 1 aromatic carbocycles. The summed E-state index contributed by atoms with van der Waals surface area (Å²) in [6, 6.07) is 6.27. The molecular weight excluding hydrogens is 262 g/mol. The molecule has 1 aliphatic rings. The van der Waals surface area contributed by atoms with Gasteiger partial charge >= 0.3 is 0 Å². The number of nitrogens with zero attached hydrogens (tertiary/aromatic N) is 1. The van der Waals surface area contributed by atoms with Gasteiger partial charge in [-0.1, -0.05) is 19.3 Å². The summed E-state index contributed by atoms with van der Waals surface area (Å²) in [6.07, 6.45) is 6.09. The number of non-ortho nitro benzene ring substituents is 1. The maximum atomic E-state index is 10.6. The standard InChI is InChI=1S/C14H19NO3S/c16-15(17)12-4-6-13(7-5-12)18-10-14(11-19)8-2-1-3-9-14/h4-7,19H,1-3,8-11H2. The van der Waals surface area contributed by atoms with Gasteiger partial charge in [-0.25, -0.2) is 0 Å². The van der Waals surface area contributed by atoms with Crippen LogP contribution in [-0.4, -0.2) is 17.3 Å². The third-order valence-corrected chi connectivity index (χ3v) is 4.51. The van der Waals surface area contributed by atoms with E-state index in [2.05, 4.69) is 12.6 Å². The first-order valence-corrected chi connectivity index (χ1v) is 7.27. The molecule has 0 aliphatic heterocycles. The number of nitro groups is 1. The van der Waals surface area contributed by atoms with Crippen LogP contribution in [0.3, 0.4) is 0 Å². The molecule has 19 heavy (non-hydrogen) atoms. The molecule has 1 saturated carbocycles. The van der Waals surface area contributed by atoms with Gasteiger partial charge in [0.1, 0.15) is 5.75 Å². The minimum absolute atomic E-state index is 0.0916. The molecule has 0 amide bonds. The van der Waals surface area contributed by atoms with Crippen molar-refractivity contribution in [1.29, 1.82) is 0 Å². The lowest BCUT2D eigenvalue weighted by molar-refractivity contribution is -0.384. The zero-order chi connectivity index (χ0) is 13.7. The molecule has 1 fully saturated rings. The number of rotatable bonds is 5. The van der Waals surface area contributed by atoms with Gasteiger partial charge in [-0.3, -0.25) is 10.1 Å². The maximum absolute atomic E-state index is 10.6. The van der Waals surface area contributed by atoms with E-state index in [1.165, 1.54) is 31.4 Å². The van der Waals surface area contributed by atoms with E-state index in [0.717, 1.165) is 18.6 Å². The van der Waals surface area contributed by atoms with Gasteiger partial charge in [-0.2, -0.15) is 12.6 Å². The zero-order valence-corrected chi connectivity index (χ0v) is 11.8. The Morgan fingerprint density at radius 3 is 2.37 bits per heavy atom. The Labute approximate surface area is 118 Å². The Morgan fingerprint density at radius 1 is 1.21 bits per heavy atom. The van der Waals surface area contributed by atoms with E-state index in [9.17, 15) is 10.1 Å². The summed E-state index contributed by atoms with van der Waals surface area (Å²) in [5.41, 5.74) is 0.261. The van der Waals surface area contributed by atoms with Crippen molar-refractivity contribution < 1.29 is 9.66 Å². The Bertz CT molecular complexity index is 427. The van der Waals surface area contributed by atoms with E-state index in [1.54, 1.807) is 12.1 Å². The van der Waals surface area contributed by atoms with E-state index in [0.29, 0.717) is 12.4 Å². The van der Waals surface area contributed by atoms with E-state index in [1.807, 2.05) is 0 Å². The van der Waals surface area contributed by atoms with Gasteiger partial charge < -0.3 is 4.74 Å². The molecule has 104 valence electrons. The second kappa shape index (κ2) is 6.28. The summed E-state index contributed by atoms with van der Waals surface area (Å²) in [5, 5.41) is 10.6. The molecule has 0 saturated heterocycles. The van der Waals surface area contributed by atoms with Crippen molar-refractivity contribution in [2.24, 2.45) is 5.41 Å². The van der Waals surface area contributed by atoms with Crippen molar-refractivity contribution in [2.75, 3.05) is 12.4 Å². The molecule has 0 unspecified atom stereocenters. The van der Waals surface area contributed by atoms with Gasteiger partial charge in [-0.15, -0.1) is 0 Å². The molecule has 2 rings (SSSR count). The van der Waals surface area contributed by atoms with Crippen LogP contribution in [-0.2, 0) is 0 Å². The van der Waals surface area contributed by atoms with Crippen molar-refractivity contribution in [3.63, 3.8) is 0 Å². The maximum Gasteiger partial charge on any atom is 0.269 e. The number of hydrogen-bond acceptors (Lipinski definition) is 4. The molecule has 0 atom stereocenters. The van der Waals surface area contributed by atoms with Gasteiger partial charge in [0.2, 0.25) is 0 Å². The summed E-state index contributed by atoms with van der Waals surface area (Å²) < 4.78 is 5.80. The molecule has 0 spiro atoms.